The van der Waals surface area contributed by atoms with Crippen LogP contribution in [0.5, 0.6) is 17.2 Å². The Morgan fingerprint density at radius 2 is 1.62 bits per heavy atom. The molecule has 0 aliphatic rings. The Morgan fingerprint density at radius 1 is 0.931 bits per heavy atom. The summed E-state index contributed by atoms with van der Waals surface area (Å²) in [5.41, 5.74) is 1.58. The topological polar surface area (TPSA) is 50.8 Å². The number of rotatable bonds is 8. The molecule has 3 aromatic rings. The quantitative estimate of drug-likeness (QED) is 0.614. The SMILES string of the molecule is COc1ccccc1[C@H](CNC(=O)c1cccc(Oc2ccccc2)c1)N(C)C. The van der Waals surface area contributed by atoms with Crippen molar-refractivity contribution in [2.24, 2.45) is 0 Å². The molecule has 0 saturated heterocycles. The zero-order valence-electron chi connectivity index (χ0n) is 17.0. The number of hydrogen-bond donors (Lipinski definition) is 1. The van der Waals surface area contributed by atoms with Crippen molar-refractivity contribution in [2.45, 2.75) is 6.04 Å². The zero-order valence-corrected chi connectivity index (χ0v) is 17.0. The van der Waals surface area contributed by atoms with E-state index in [1.807, 2.05) is 80.8 Å². The number of nitrogens with zero attached hydrogens (tertiary/aromatic N) is 1. The van der Waals surface area contributed by atoms with E-state index in [1.54, 1.807) is 19.2 Å². The lowest BCUT2D eigenvalue weighted by molar-refractivity contribution is 0.0941. The van der Waals surface area contributed by atoms with E-state index in [0.29, 0.717) is 17.9 Å². The van der Waals surface area contributed by atoms with Crippen LogP contribution in [0.25, 0.3) is 0 Å². The molecule has 3 rings (SSSR count). The Balaban J connectivity index is 1.70. The van der Waals surface area contributed by atoms with E-state index in [4.69, 9.17) is 9.47 Å². The lowest BCUT2D eigenvalue weighted by Gasteiger charge is -2.26. The minimum absolute atomic E-state index is 0.0150. The molecule has 3 aromatic carbocycles. The number of hydrogen-bond acceptors (Lipinski definition) is 4. The molecular weight excluding hydrogens is 364 g/mol. The Bertz CT molecular complexity index is 942. The third-order valence-electron chi connectivity index (χ3n) is 4.65. The van der Waals surface area contributed by atoms with Crippen LogP contribution in [0.4, 0.5) is 0 Å². The molecule has 5 nitrogen and oxygen atoms in total. The predicted molar refractivity (Wildman–Crippen MR) is 115 cm³/mol. The van der Waals surface area contributed by atoms with Crippen molar-refractivity contribution in [3.8, 4) is 17.2 Å². The maximum atomic E-state index is 12.7. The molecular formula is C24H26N2O3. The summed E-state index contributed by atoms with van der Waals surface area (Å²) in [7, 11) is 5.62. The van der Waals surface area contributed by atoms with Gasteiger partial charge in [0, 0.05) is 17.7 Å². The maximum absolute atomic E-state index is 12.7. The highest BCUT2D eigenvalue weighted by atomic mass is 16.5. The Labute approximate surface area is 171 Å². The fourth-order valence-electron chi connectivity index (χ4n) is 3.13. The number of nitrogens with one attached hydrogen (secondary N) is 1. The van der Waals surface area contributed by atoms with Crippen LogP contribution in [-0.4, -0.2) is 38.6 Å². The minimum atomic E-state index is -0.148. The highest BCUT2D eigenvalue weighted by molar-refractivity contribution is 5.94. The van der Waals surface area contributed by atoms with Crippen molar-refractivity contribution >= 4 is 5.91 Å². The number of carbonyl (C=O) groups is 1. The van der Waals surface area contributed by atoms with Crippen molar-refractivity contribution in [3.63, 3.8) is 0 Å². The number of benzene rings is 3. The van der Waals surface area contributed by atoms with Gasteiger partial charge < -0.3 is 19.7 Å². The largest absolute Gasteiger partial charge is 0.496 e. The summed E-state index contributed by atoms with van der Waals surface area (Å²) >= 11 is 0. The van der Waals surface area contributed by atoms with E-state index in [2.05, 4.69) is 10.2 Å². The van der Waals surface area contributed by atoms with Crippen LogP contribution in [0.15, 0.2) is 78.9 Å². The van der Waals surface area contributed by atoms with Crippen LogP contribution >= 0.6 is 0 Å². The van der Waals surface area contributed by atoms with Gasteiger partial charge >= 0.3 is 0 Å². The second-order valence-corrected chi connectivity index (χ2v) is 6.87. The molecule has 150 valence electrons. The third kappa shape index (κ3) is 5.36. The van der Waals surface area contributed by atoms with Gasteiger partial charge in [-0.15, -0.1) is 0 Å². The second-order valence-electron chi connectivity index (χ2n) is 6.87. The minimum Gasteiger partial charge on any atom is -0.496 e. The summed E-state index contributed by atoms with van der Waals surface area (Å²) in [6.07, 6.45) is 0. The molecule has 1 atom stereocenters. The van der Waals surface area contributed by atoms with E-state index in [1.165, 1.54) is 0 Å². The number of ether oxygens (including phenoxy) is 2. The normalized spacial score (nSPS) is 11.7. The fourth-order valence-corrected chi connectivity index (χ4v) is 3.13. The highest BCUT2D eigenvalue weighted by Gasteiger charge is 2.19. The molecule has 5 heteroatoms. The van der Waals surface area contributed by atoms with Gasteiger partial charge in [-0.3, -0.25) is 4.79 Å². The van der Waals surface area contributed by atoms with Crippen molar-refractivity contribution < 1.29 is 14.3 Å². The lowest BCUT2D eigenvalue weighted by atomic mass is 10.0. The van der Waals surface area contributed by atoms with Crippen LogP contribution in [0.1, 0.15) is 22.0 Å². The molecule has 0 aliphatic carbocycles. The van der Waals surface area contributed by atoms with Gasteiger partial charge in [-0.2, -0.15) is 0 Å². The molecule has 0 aromatic heterocycles. The Morgan fingerprint density at radius 3 is 2.34 bits per heavy atom. The van der Waals surface area contributed by atoms with E-state index in [0.717, 1.165) is 17.1 Å². The molecule has 29 heavy (non-hydrogen) atoms. The van der Waals surface area contributed by atoms with E-state index >= 15 is 0 Å². The number of amides is 1. The highest BCUT2D eigenvalue weighted by Crippen LogP contribution is 2.27. The average Bonchev–Trinajstić information content (AvgIpc) is 2.74. The molecule has 0 radical (unpaired) electrons. The number of para-hydroxylation sites is 2. The average molecular weight is 390 g/mol. The van der Waals surface area contributed by atoms with E-state index in [-0.39, 0.29) is 11.9 Å². The molecule has 0 saturated carbocycles. The molecule has 0 aliphatic heterocycles. The van der Waals surface area contributed by atoms with Crippen LogP contribution in [0.3, 0.4) is 0 Å². The predicted octanol–water partition coefficient (Wildman–Crippen LogP) is 4.52. The van der Waals surface area contributed by atoms with Crippen molar-refractivity contribution in [3.05, 3.63) is 90.0 Å². The maximum Gasteiger partial charge on any atom is 0.251 e. The van der Waals surface area contributed by atoms with Crippen LogP contribution in [-0.2, 0) is 0 Å². The van der Waals surface area contributed by atoms with Crippen LogP contribution in [0.2, 0.25) is 0 Å². The van der Waals surface area contributed by atoms with Crippen LogP contribution < -0.4 is 14.8 Å². The van der Waals surface area contributed by atoms with Crippen molar-refractivity contribution in [2.75, 3.05) is 27.7 Å². The van der Waals surface area contributed by atoms with Gasteiger partial charge in [0.15, 0.2) is 0 Å². The first-order valence-electron chi connectivity index (χ1n) is 9.49. The van der Waals surface area contributed by atoms with Gasteiger partial charge in [-0.05, 0) is 50.5 Å². The summed E-state index contributed by atoms with van der Waals surface area (Å²) in [6, 6.07) is 24.5. The standard InChI is InChI=1S/C24H26N2O3/c1-26(2)22(21-14-7-8-15-23(21)28-3)17-25-24(27)18-10-9-13-20(16-18)29-19-11-5-4-6-12-19/h4-16,22H,17H2,1-3H3,(H,25,27)/t22-/m0/s1. The molecule has 1 amide bonds. The number of carbonyl (C=O) groups excluding carboxylic acids is 1. The molecule has 0 spiro atoms. The van der Waals surface area contributed by atoms with Gasteiger partial charge in [-0.25, -0.2) is 0 Å². The second kappa shape index (κ2) is 9.75. The molecule has 0 unspecified atom stereocenters. The van der Waals surface area contributed by atoms with Crippen LogP contribution in [0, 0.1) is 0 Å². The van der Waals surface area contributed by atoms with Crippen molar-refractivity contribution in [1.29, 1.82) is 0 Å². The number of methoxy groups -OCH3 is 1. The molecule has 0 bridgehead atoms. The fraction of sp³-hybridized carbons (Fsp3) is 0.208. The smallest absolute Gasteiger partial charge is 0.251 e. The summed E-state index contributed by atoms with van der Waals surface area (Å²) in [6.45, 7) is 0.454. The zero-order chi connectivity index (χ0) is 20.6. The summed E-state index contributed by atoms with van der Waals surface area (Å²) in [5.74, 6) is 2.01. The molecule has 1 N–H and O–H groups in total. The lowest BCUT2D eigenvalue weighted by Crippen LogP contribution is -2.34. The third-order valence-corrected chi connectivity index (χ3v) is 4.65. The first-order valence-corrected chi connectivity index (χ1v) is 9.49. The molecule has 0 fully saturated rings. The van der Waals surface area contributed by atoms with Gasteiger partial charge in [-0.1, -0.05) is 42.5 Å². The van der Waals surface area contributed by atoms with Gasteiger partial charge in [0.25, 0.3) is 5.91 Å². The summed E-state index contributed by atoms with van der Waals surface area (Å²) in [5, 5.41) is 3.03. The van der Waals surface area contributed by atoms with E-state index < -0.39 is 0 Å². The van der Waals surface area contributed by atoms with E-state index in [9.17, 15) is 4.79 Å². The Kier molecular flexibility index (Phi) is 6.87. The first kappa shape index (κ1) is 20.4. The van der Waals surface area contributed by atoms with Crippen molar-refractivity contribution in [1.82, 2.24) is 10.2 Å². The van der Waals surface area contributed by atoms with Gasteiger partial charge in [0.05, 0.1) is 13.2 Å². The summed E-state index contributed by atoms with van der Waals surface area (Å²) < 4.78 is 11.3. The van der Waals surface area contributed by atoms with Gasteiger partial charge in [0.2, 0.25) is 0 Å². The number of likely N-dealkylation sites (N-methyl/N-ethyl adjacent to an activating group) is 1. The first-order chi connectivity index (χ1) is 14.1. The summed E-state index contributed by atoms with van der Waals surface area (Å²) in [4.78, 5) is 14.8. The Hall–Kier alpha value is -3.31. The molecule has 0 heterocycles. The monoisotopic (exact) mass is 390 g/mol. The van der Waals surface area contributed by atoms with Gasteiger partial charge in [0.1, 0.15) is 17.2 Å².